The van der Waals surface area contributed by atoms with E-state index in [9.17, 15) is 18.0 Å². The summed E-state index contributed by atoms with van der Waals surface area (Å²) in [5.74, 6) is -1.17. The number of carbonyl (C=O) groups excluding carboxylic acids is 1. The number of nitrogens with one attached hydrogen (secondary N) is 1. The van der Waals surface area contributed by atoms with Gasteiger partial charge in [-0.2, -0.15) is 0 Å². The van der Waals surface area contributed by atoms with Crippen molar-refractivity contribution < 1.29 is 18.0 Å². The van der Waals surface area contributed by atoms with Crippen molar-refractivity contribution >= 4 is 21.8 Å². The summed E-state index contributed by atoms with van der Waals surface area (Å²) in [6.45, 7) is -0.714. The van der Waals surface area contributed by atoms with Crippen molar-refractivity contribution in [1.82, 2.24) is 5.32 Å². The minimum absolute atomic E-state index is 0.118. The second-order valence-corrected chi connectivity index (χ2v) is 3.58. The molecule has 0 aliphatic heterocycles. The summed E-state index contributed by atoms with van der Waals surface area (Å²) >= 11 is 2.89. The van der Waals surface area contributed by atoms with Crippen LogP contribution < -0.4 is 5.32 Å². The maximum atomic E-state index is 12.8. The van der Waals surface area contributed by atoms with Crippen molar-refractivity contribution in [3.8, 4) is 0 Å². The van der Waals surface area contributed by atoms with Gasteiger partial charge in [0.15, 0.2) is 0 Å². The van der Waals surface area contributed by atoms with Gasteiger partial charge in [0, 0.05) is 5.56 Å². The van der Waals surface area contributed by atoms with Gasteiger partial charge in [-0.1, -0.05) is 0 Å². The van der Waals surface area contributed by atoms with Crippen molar-refractivity contribution in [3.05, 3.63) is 34.1 Å². The molecule has 6 heteroatoms. The molecule has 0 heterocycles. The summed E-state index contributed by atoms with van der Waals surface area (Å²) in [5, 5.41) is 2.01. The minimum atomic E-state index is -2.60. The highest BCUT2D eigenvalue weighted by Gasteiger charge is 2.10. The number of halogens is 4. The number of hydrogen-bond acceptors (Lipinski definition) is 1. The van der Waals surface area contributed by atoms with E-state index in [1.807, 2.05) is 5.32 Å². The van der Waals surface area contributed by atoms with Crippen LogP contribution in [0.4, 0.5) is 13.2 Å². The first-order chi connectivity index (χ1) is 7.00. The predicted molar refractivity (Wildman–Crippen MR) is 52.4 cm³/mol. The van der Waals surface area contributed by atoms with Crippen molar-refractivity contribution in [2.24, 2.45) is 0 Å². The van der Waals surface area contributed by atoms with Crippen LogP contribution in [0.5, 0.6) is 0 Å². The normalized spacial score (nSPS) is 10.5. The van der Waals surface area contributed by atoms with Gasteiger partial charge < -0.3 is 5.32 Å². The average Bonchev–Trinajstić information content (AvgIpc) is 2.18. The number of hydrogen-bond donors (Lipinski definition) is 1. The molecule has 0 aliphatic rings. The second-order valence-electron chi connectivity index (χ2n) is 2.73. The Morgan fingerprint density at radius 1 is 1.47 bits per heavy atom. The number of benzene rings is 1. The van der Waals surface area contributed by atoms with Gasteiger partial charge in [-0.05, 0) is 34.1 Å². The van der Waals surface area contributed by atoms with E-state index in [2.05, 4.69) is 15.9 Å². The molecule has 0 unspecified atom stereocenters. The highest BCUT2D eigenvalue weighted by molar-refractivity contribution is 9.10. The van der Waals surface area contributed by atoms with Crippen LogP contribution in [-0.2, 0) is 0 Å². The van der Waals surface area contributed by atoms with Crippen molar-refractivity contribution in [3.63, 3.8) is 0 Å². The molecule has 2 nitrogen and oxygen atoms in total. The zero-order valence-electron chi connectivity index (χ0n) is 7.44. The first-order valence-corrected chi connectivity index (χ1v) is 4.81. The third-order valence-electron chi connectivity index (χ3n) is 1.60. The van der Waals surface area contributed by atoms with Crippen LogP contribution in [0, 0.1) is 5.82 Å². The molecule has 0 aromatic heterocycles. The lowest BCUT2D eigenvalue weighted by Crippen LogP contribution is -2.28. The molecule has 0 spiro atoms. The van der Waals surface area contributed by atoms with Crippen LogP contribution in [0.2, 0.25) is 0 Å². The van der Waals surface area contributed by atoms with E-state index in [1.54, 1.807) is 0 Å². The molecule has 1 aromatic carbocycles. The van der Waals surface area contributed by atoms with Crippen LogP contribution in [0.3, 0.4) is 0 Å². The Labute approximate surface area is 92.6 Å². The summed E-state index contributed by atoms with van der Waals surface area (Å²) in [7, 11) is 0. The average molecular weight is 282 g/mol. The molecule has 1 rings (SSSR count). The minimum Gasteiger partial charge on any atom is -0.346 e. The maximum Gasteiger partial charge on any atom is 0.255 e. The van der Waals surface area contributed by atoms with Crippen molar-refractivity contribution in [1.29, 1.82) is 0 Å². The highest BCUT2D eigenvalue weighted by atomic mass is 79.9. The Hall–Kier alpha value is -1.04. The van der Waals surface area contributed by atoms with Crippen LogP contribution in [0.25, 0.3) is 0 Å². The van der Waals surface area contributed by atoms with Crippen LogP contribution in [-0.4, -0.2) is 18.9 Å². The SMILES string of the molecule is O=C(NCC(F)F)c1ccc(F)c(Br)c1. The fourth-order valence-electron chi connectivity index (χ4n) is 0.909. The maximum absolute atomic E-state index is 12.8. The van der Waals surface area contributed by atoms with Gasteiger partial charge in [0.25, 0.3) is 12.3 Å². The fourth-order valence-corrected chi connectivity index (χ4v) is 1.29. The van der Waals surface area contributed by atoms with Gasteiger partial charge >= 0.3 is 0 Å². The number of alkyl halides is 2. The van der Waals surface area contributed by atoms with E-state index in [1.165, 1.54) is 12.1 Å². The van der Waals surface area contributed by atoms with Crippen LogP contribution in [0.15, 0.2) is 22.7 Å². The summed E-state index contributed by atoms with van der Waals surface area (Å²) in [4.78, 5) is 11.2. The van der Waals surface area contributed by atoms with Gasteiger partial charge in [0.2, 0.25) is 0 Å². The van der Waals surface area contributed by atoms with E-state index >= 15 is 0 Å². The zero-order valence-corrected chi connectivity index (χ0v) is 9.02. The Bertz CT molecular complexity index is 370. The first-order valence-electron chi connectivity index (χ1n) is 4.02. The van der Waals surface area contributed by atoms with Crippen LogP contribution in [0.1, 0.15) is 10.4 Å². The molecular formula is C9H7BrF3NO. The first kappa shape index (κ1) is 12.0. The third kappa shape index (κ3) is 3.54. The molecule has 0 radical (unpaired) electrons. The summed E-state index contributed by atoms with van der Waals surface area (Å²) in [5.41, 5.74) is 0.129. The van der Waals surface area contributed by atoms with E-state index in [-0.39, 0.29) is 10.0 Å². The van der Waals surface area contributed by atoms with Gasteiger partial charge in [-0.15, -0.1) is 0 Å². The third-order valence-corrected chi connectivity index (χ3v) is 2.21. The van der Waals surface area contributed by atoms with Gasteiger partial charge in [0.05, 0.1) is 11.0 Å². The summed E-state index contributed by atoms with van der Waals surface area (Å²) in [6.07, 6.45) is -2.60. The quantitative estimate of drug-likeness (QED) is 0.907. The molecule has 0 aliphatic carbocycles. The number of amides is 1. The standard InChI is InChI=1S/C9H7BrF3NO/c10-6-3-5(1-2-7(6)11)9(15)14-4-8(12)13/h1-3,8H,4H2,(H,14,15). The lowest BCUT2D eigenvalue weighted by atomic mass is 10.2. The molecule has 82 valence electrons. The molecule has 1 N–H and O–H groups in total. The largest absolute Gasteiger partial charge is 0.346 e. The van der Waals surface area contributed by atoms with Crippen LogP contribution >= 0.6 is 15.9 Å². The smallest absolute Gasteiger partial charge is 0.255 e. The monoisotopic (exact) mass is 281 g/mol. The topological polar surface area (TPSA) is 29.1 Å². The molecule has 0 fully saturated rings. The molecular weight excluding hydrogens is 275 g/mol. The molecule has 1 aromatic rings. The van der Waals surface area contributed by atoms with Crippen molar-refractivity contribution in [2.75, 3.05) is 6.54 Å². The lowest BCUT2D eigenvalue weighted by Gasteiger charge is -2.04. The Morgan fingerprint density at radius 3 is 2.67 bits per heavy atom. The second kappa shape index (κ2) is 5.16. The Morgan fingerprint density at radius 2 is 2.13 bits per heavy atom. The lowest BCUT2D eigenvalue weighted by molar-refractivity contribution is 0.0891. The van der Waals surface area contributed by atoms with E-state index in [0.717, 1.165) is 6.07 Å². The predicted octanol–water partition coefficient (Wildman–Crippen LogP) is 2.58. The summed E-state index contributed by atoms with van der Waals surface area (Å²) in [6, 6.07) is 3.54. The molecule has 1 amide bonds. The van der Waals surface area contributed by atoms with Gasteiger partial charge in [0.1, 0.15) is 5.82 Å². The molecule has 0 saturated carbocycles. The zero-order chi connectivity index (χ0) is 11.4. The summed E-state index contributed by atoms with van der Waals surface area (Å²) < 4.78 is 36.4. The molecule has 15 heavy (non-hydrogen) atoms. The van der Waals surface area contributed by atoms with E-state index < -0.39 is 24.7 Å². The number of rotatable bonds is 3. The van der Waals surface area contributed by atoms with E-state index in [0.29, 0.717) is 0 Å². The van der Waals surface area contributed by atoms with Crippen molar-refractivity contribution in [2.45, 2.75) is 6.43 Å². The van der Waals surface area contributed by atoms with Gasteiger partial charge in [-0.3, -0.25) is 4.79 Å². The molecule has 0 bridgehead atoms. The highest BCUT2D eigenvalue weighted by Crippen LogP contribution is 2.16. The Kier molecular flexibility index (Phi) is 4.14. The molecule has 0 atom stereocenters. The Balaban J connectivity index is 2.70. The van der Waals surface area contributed by atoms with E-state index in [4.69, 9.17) is 0 Å². The number of carbonyl (C=O) groups is 1. The fraction of sp³-hybridized carbons (Fsp3) is 0.222. The van der Waals surface area contributed by atoms with Gasteiger partial charge in [-0.25, -0.2) is 13.2 Å². The molecule has 0 saturated heterocycles.